The zero-order chi connectivity index (χ0) is 22.1. The van der Waals surface area contributed by atoms with Gasteiger partial charge in [-0.2, -0.15) is 0 Å². The molecule has 32 heavy (non-hydrogen) atoms. The van der Waals surface area contributed by atoms with Crippen LogP contribution in [-0.2, 0) is 11.8 Å². The summed E-state index contributed by atoms with van der Waals surface area (Å²) in [6.45, 7) is 4.96. The third-order valence-electron chi connectivity index (χ3n) is 9.32. The highest BCUT2D eigenvalue weighted by Gasteiger charge is 2.58. The molecule has 0 amide bonds. The van der Waals surface area contributed by atoms with Gasteiger partial charge in [-0.1, -0.05) is 66.6 Å². The predicted molar refractivity (Wildman–Crippen MR) is 132 cm³/mol. The lowest BCUT2D eigenvalue weighted by atomic mass is 9.48. The molecule has 5 heteroatoms. The third-order valence-corrected chi connectivity index (χ3v) is 10.6. The number of benzene rings is 1. The Morgan fingerprint density at radius 2 is 1.94 bits per heavy atom. The average Bonchev–Trinajstić information content (AvgIpc) is 3.30. The molecule has 6 atom stereocenters. The summed E-state index contributed by atoms with van der Waals surface area (Å²) < 4.78 is 0. The number of aromatic nitrogens is 1. The summed E-state index contributed by atoms with van der Waals surface area (Å²) in [6.07, 6.45) is 12.0. The fraction of sp³-hybridized carbons (Fsp3) is 0.556. The number of aliphatic hydroxyl groups is 1. The number of nitrogens with zero attached hydrogens (tertiary/aromatic N) is 2. The first-order valence-electron chi connectivity index (χ1n) is 12.0. The topological polar surface area (TPSA) is 45.5 Å². The second-order valence-electron chi connectivity index (χ2n) is 10.9. The van der Waals surface area contributed by atoms with E-state index in [4.69, 9.17) is 16.6 Å². The van der Waals surface area contributed by atoms with Gasteiger partial charge >= 0.3 is 0 Å². The van der Waals surface area contributed by atoms with Crippen LogP contribution in [-0.4, -0.2) is 22.4 Å². The number of thiazole rings is 1. The first-order valence-corrected chi connectivity index (χ1v) is 13.2. The van der Waals surface area contributed by atoms with Crippen LogP contribution in [0.5, 0.6) is 0 Å². The van der Waals surface area contributed by atoms with E-state index in [1.54, 1.807) is 16.9 Å². The number of aliphatic imine (C=N–C) groups is 1. The van der Waals surface area contributed by atoms with Crippen LogP contribution in [0.25, 0.3) is 0 Å². The Morgan fingerprint density at radius 3 is 2.78 bits per heavy atom. The molecule has 0 aliphatic heterocycles. The molecule has 1 N–H and O–H groups in total. The van der Waals surface area contributed by atoms with Crippen molar-refractivity contribution in [1.29, 1.82) is 0 Å². The Bertz CT molecular complexity index is 1120. The molecule has 1 heterocycles. The highest BCUT2D eigenvalue weighted by Crippen LogP contribution is 2.64. The van der Waals surface area contributed by atoms with E-state index in [0.717, 1.165) is 53.2 Å². The zero-order valence-electron chi connectivity index (χ0n) is 18.9. The molecule has 2 fully saturated rings. The van der Waals surface area contributed by atoms with Gasteiger partial charge in [-0.25, -0.2) is 9.98 Å². The standard InChI is InChI=1S/C27H31ClN2OS/c1-26-11-9-18(31)13-17(26)7-8-19-20(26)10-12-27(2)21(19)14-23-24(27)30-25(32-23)29-15-16-5-3-4-6-22(16)28/h3-7,15,18-21,31H,8-14H2,1-2H3/b29-15+/t18-,19?,20?,21?,26-,27-/m0/s1. The van der Waals surface area contributed by atoms with E-state index in [2.05, 4.69) is 24.9 Å². The Labute approximate surface area is 199 Å². The highest BCUT2D eigenvalue weighted by atomic mass is 35.5. The molecule has 0 spiro atoms. The number of aliphatic hydroxyl groups excluding tert-OH is 1. The van der Waals surface area contributed by atoms with Crippen LogP contribution in [0.3, 0.4) is 0 Å². The van der Waals surface area contributed by atoms with Crippen LogP contribution in [0.4, 0.5) is 5.13 Å². The van der Waals surface area contributed by atoms with Crippen LogP contribution in [0.1, 0.15) is 68.5 Å². The van der Waals surface area contributed by atoms with Crippen molar-refractivity contribution >= 4 is 34.3 Å². The fourth-order valence-corrected chi connectivity index (χ4v) is 8.80. The van der Waals surface area contributed by atoms with Crippen molar-refractivity contribution in [2.24, 2.45) is 28.2 Å². The molecule has 2 saturated carbocycles. The monoisotopic (exact) mass is 466 g/mol. The predicted octanol–water partition coefficient (Wildman–Crippen LogP) is 6.88. The number of rotatable bonds is 2. The fourth-order valence-electron chi connectivity index (χ4n) is 7.52. The molecule has 3 unspecified atom stereocenters. The Kier molecular flexibility index (Phi) is 4.95. The van der Waals surface area contributed by atoms with Gasteiger partial charge < -0.3 is 5.11 Å². The summed E-state index contributed by atoms with van der Waals surface area (Å²) in [6, 6.07) is 7.80. The van der Waals surface area contributed by atoms with Crippen molar-refractivity contribution in [2.45, 2.75) is 70.3 Å². The maximum atomic E-state index is 10.2. The van der Waals surface area contributed by atoms with Crippen molar-refractivity contribution in [2.75, 3.05) is 0 Å². The molecule has 168 valence electrons. The quantitative estimate of drug-likeness (QED) is 0.387. The molecule has 0 radical (unpaired) electrons. The summed E-state index contributed by atoms with van der Waals surface area (Å²) in [5.74, 6) is 2.16. The van der Waals surface area contributed by atoms with Gasteiger partial charge in [0.15, 0.2) is 0 Å². The summed E-state index contributed by atoms with van der Waals surface area (Å²) in [4.78, 5) is 11.2. The maximum absolute atomic E-state index is 10.2. The van der Waals surface area contributed by atoms with Gasteiger partial charge in [-0.15, -0.1) is 0 Å². The number of halogens is 1. The molecular formula is C27H31ClN2OS. The van der Waals surface area contributed by atoms with E-state index < -0.39 is 0 Å². The van der Waals surface area contributed by atoms with E-state index in [0.29, 0.717) is 5.92 Å². The van der Waals surface area contributed by atoms with Gasteiger partial charge in [0.1, 0.15) is 0 Å². The minimum Gasteiger partial charge on any atom is -0.393 e. The average molecular weight is 467 g/mol. The van der Waals surface area contributed by atoms with Crippen molar-refractivity contribution in [1.82, 2.24) is 4.98 Å². The van der Waals surface area contributed by atoms with E-state index in [9.17, 15) is 5.11 Å². The van der Waals surface area contributed by atoms with Crippen LogP contribution in [0.2, 0.25) is 5.02 Å². The molecule has 1 aromatic carbocycles. The zero-order valence-corrected chi connectivity index (χ0v) is 20.4. The molecule has 0 saturated heterocycles. The van der Waals surface area contributed by atoms with E-state index in [1.165, 1.54) is 29.8 Å². The van der Waals surface area contributed by atoms with Crippen molar-refractivity contribution in [3.05, 3.63) is 57.1 Å². The first kappa shape index (κ1) is 21.1. The van der Waals surface area contributed by atoms with Crippen molar-refractivity contribution in [3.63, 3.8) is 0 Å². The summed E-state index contributed by atoms with van der Waals surface area (Å²) >= 11 is 8.06. The Balaban J connectivity index is 1.27. The molecule has 2 aromatic rings. The van der Waals surface area contributed by atoms with Gasteiger partial charge in [0.05, 0.1) is 11.8 Å². The van der Waals surface area contributed by atoms with Crippen molar-refractivity contribution in [3.8, 4) is 0 Å². The molecule has 4 aliphatic carbocycles. The minimum atomic E-state index is -0.132. The van der Waals surface area contributed by atoms with Crippen LogP contribution in [0.15, 0.2) is 40.9 Å². The molecule has 6 rings (SSSR count). The lowest BCUT2D eigenvalue weighted by Gasteiger charge is -2.57. The van der Waals surface area contributed by atoms with E-state index in [-0.39, 0.29) is 16.9 Å². The first-order chi connectivity index (χ1) is 15.4. The Morgan fingerprint density at radius 1 is 1.12 bits per heavy atom. The maximum Gasteiger partial charge on any atom is 0.209 e. The molecule has 1 aromatic heterocycles. The Hall–Kier alpha value is -1.49. The number of fused-ring (bicyclic) bond motifs is 7. The van der Waals surface area contributed by atoms with Crippen LogP contribution in [0, 0.1) is 23.2 Å². The van der Waals surface area contributed by atoms with Gasteiger partial charge in [0.2, 0.25) is 5.13 Å². The summed E-state index contributed by atoms with van der Waals surface area (Å²) in [7, 11) is 0. The smallest absolute Gasteiger partial charge is 0.209 e. The second-order valence-corrected chi connectivity index (χ2v) is 12.3. The summed E-state index contributed by atoms with van der Waals surface area (Å²) in [5, 5.41) is 11.8. The van der Waals surface area contributed by atoms with E-state index >= 15 is 0 Å². The number of hydrogen-bond acceptors (Lipinski definition) is 4. The minimum absolute atomic E-state index is 0.132. The van der Waals surface area contributed by atoms with Gasteiger partial charge in [0.25, 0.3) is 0 Å². The number of allylic oxidation sites excluding steroid dienone is 1. The molecule has 3 nitrogen and oxygen atoms in total. The van der Waals surface area contributed by atoms with Crippen molar-refractivity contribution < 1.29 is 5.11 Å². The molecule has 0 bridgehead atoms. The lowest BCUT2D eigenvalue weighted by Crippen LogP contribution is -2.51. The third kappa shape index (κ3) is 3.09. The second kappa shape index (κ2) is 7.51. The van der Waals surface area contributed by atoms with Gasteiger partial charge in [-0.05, 0) is 74.2 Å². The normalized spacial score (nSPS) is 38.1. The van der Waals surface area contributed by atoms with Crippen LogP contribution < -0.4 is 0 Å². The van der Waals surface area contributed by atoms with Crippen LogP contribution >= 0.6 is 22.9 Å². The van der Waals surface area contributed by atoms with Gasteiger partial charge in [0, 0.05) is 27.1 Å². The van der Waals surface area contributed by atoms with Gasteiger partial charge in [-0.3, -0.25) is 0 Å². The highest BCUT2D eigenvalue weighted by molar-refractivity contribution is 7.15. The molecule has 4 aliphatic rings. The summed E-state index contributed by atoms with van der Waals surface area (Å²) in [5.41, 5.74) is 4.25. The SMILES string of the molecule is C[C@]12CC[C@H](O)CC1=CCC1C2CC[C@]2(C)c3nc(/N=C/c4ccccc4Cl)sc3CC12. The lowest BCUT2D eigenvalue weighted by molar-refractivity contribution is -0.0169. The van der Waals surface area contributed by atoms with E-state index in [1.807, 2.05) is 30.5 Å². The molecular weight excluding hydrogens is 436 g/mol. The largest absolute Gasteiger partial charge is 0.393 e. The number of hydrogen-bond donors (Lipinski definition) is 1.